The molecule has 0 aliphatic rings. The smallest absolute Gasteiger partial charge is 0.0340 e. The van der Waals surface area contributed by atoms with Crippen molar-refractivity contribution in [2.75, 3.05) is 17.6 Å². The van der Waals surface area contributed by atoms with E-state index in [0.717, 1.165) is 18.7 Å². The number of benzene rings is 1. The number of rotatable bonds is 6. The van der Waals surface area contributed by atoms with Gasteiger partial charge in [-0.3, -0.25) is 0 Å². The van der Waals surface area contributed by atoms with Gasteiger partial charge in [-0.2, -0.15) is 12.6 Å². The minimum atomic E-state index is 0.663. The molecule has 1 N–H and O–H groups in total. The highest BCUT2D eigenvalue weighted by molar-refractivity contribution is 7.80. The molecule has 1 unspecified atom stereocenters. The molecule has 84 valence electrons. The Labute approximate surface area is 98.7 Å². The minimum Gasteiger partial charge on any atom is -0.385 e. The van der Waals surface area contributed by atoms with Gasteiger partial charge in [-0.1, -0.05) is 26.0 Å². The first kappa shape index (κ1) is 12.4. The first-order valence-electron chi connectivity index (χ1n) is 5.72. The van der Waals surface area contributed by atoms with E-state index in [2.05, 4.69) is 56.1 Å². The summed E-state index contributed by atoms with van der Waals surface area (Å²) in [6.45, 7) is 5.50. The lowest BCUT2D eigenvalue weighted by Gasteiger charge is -2.10. The molecule has 0 saturated heterocycles. The number of thiol groups is 1. The molecule has 0 bridgehead atoms. The second kappa shape index (κ2) is 6.78. The van der Waals surface area contributed by atoms with Crippen molar-refractivity contribution >= 4 is 18.3 Å². The van der Waals surface area contributed by atoms with Gasteiger partial charge in [0.2, 0.25) is 0 Å². The summed E-state index contributed by atoms with van der Waals surface area (Å²) >= 11 is 4.18. The second-order valence-electron chi connectivity index (χ2n) is 3.94. The van der Waals surface area contributed by atoms with Crippen molar-refractivity contribution in [3.8, 4) is 0 Å². The van der Waals surface area contributed by atoms with Gasteiger partial charge in [-0.05, 0) is 42.2 Å². The molecule has 1 nitrogen and oxygen atoms in total. The summed E-state index contributed by atoms with van der Waals surface area (Å²) in [7, 11) is 0. The summed E-state index contributed by atoms with van der Waals surface area (Å²) in [5, 5.41) is 3.38. The van der Waals surface area contributed by atoms with Crippen LogP contribution in [0.2, 0.25) is 0 Å². The zero-order valence-electron chi connectivity index (χ0n) is 9.66. The molecule has 2 heteroatoms. The molecule has 1 atom stereocenters. The van der Waals surface area contributed by atoms with Gasteiger partial charge in [-0.15, -0.1) is 0 Å². The van der Waals surface area contributed by atoms with E-state index in [4.69, 9.17) is 0 Å². The lowest BCUT2D eigenvalue weighted by Crippen LogP contribution is -2.02. The molecule has 0 aliphatic heterocycles. The summed E-state index contributed by atoms with van der Waals surface area (Å²) in [5.41, 5.74) is 2.64. The SMILES string of the molecule is CCC(C)c1ccc(NCCCS)cc1. The fourth-order valence-corrected chi connectivity index (χ4v) is 1.64. The second-order valence-corrected chi connectivity index (χ2v) is 4.38. The standard InChI is InChI=1S/C13H21NS/c1-3-11(2)12-5-7-13(8-6-12)14-9-4-10-15/h5-8,11,14-15H,3-4,9-10H2,1-2H3. The average Bonchev–Trinajstić information content (AvgIpc) is 2.29. The third-order valence-corrected chi connectivity index (χ3v) is 3.07. The van der Waals surface area contributed by atoms with Gasteiger partial charge in [0.1, 0.15) is 0 Å². The predicted molar refractivity (Wildman–Crippen MR) is 72.1 cm³/mol. The van der Waals surface area contributed by atoms with Crippen LogP contribution < -0.4 is 5.32 Å². The van der Waals surface area contributed by atoms with Gasteiger partial charge in [-0.25, -0.2) is 0 Å². The molecule has 0 amide bonds. The molecule has 1 aromatic rings. The number of nitrogens with one attached hydrogen (secondary N) is 1. The van der Waals surface area contributed by atoms with Gasteiger partial charge in [0.25, 0.3) is 0 Å². The van der Waals surface area contributed by atoms with Crippen LogP contribution in [0.3, 0.4) is 0 Å². The summed E-state index contributed by atoms with van der Waals surface area (Å²) in [6, 6.07) is 8.77. The monoisotopic (exact) mass is 223 g/mol. The van der Waals surface area contributed by atoms with Gasteiger partial charge in [0.05, 0.1) is 0 Å². The van der Waals surface area contributed by atoms with Crippen molar-refractivity contribution < 1.29 is 0 Å². The Bertz CT molecular complexity index is 268. The Hall–Kier alpha value is -0.630. The molecule has 0 aromatic heterocycles. The first-order chi connectivity index (χ1) is 7.27. The van der Waals surface area contributed by atoms with Crippen LogP contribution in [0.5, 0.6) is 0 Å². The summed E-state index contributed by atoms with van der Waals surface area (Å²) in [4.78, 5) is 0. The number of hydrogen-bond acceptors (Lipinski definition) is 2. The molecule has 0 heterocycles. The van der Waals surface area contributed by atoms with Gasteiger partial charge < -0.3 is 5.32 Å². The Morgan fingerprint density at radius 3 is 2.47 bits per heavy atom. The molecule has 1 rings (SSSR count). The molecule has 15 heavy (non-hydrogen) atoms. The average molecular weight is 223 g/mol. The highest BCUT2D eigenvalue weighted by Gasteiger charge is 2.01. The van der Waals surface area contributed by atoms with Crippen LogP contribution in [0.15, 0.2) is 24.3 Å². The van der Waals surface area contributed by atoms with Crippen molar-refractivity contribution in [2.45, 2.75) is 32.6 Å². The summed E-state index contributed by atoms with van der Waals surface area (Å²) < 4.78 is 0. The predicted octanol–water partition coefficient (Wildman–Crippen LogP) is 3.93. The van der Waals surface area contributed by atoms with Crippen LogP contribution in [-0.2, 0) is 0 Å². The Morgan fingerprint density at radius 2 is 1.93 bits per heavy atom. The van der Waals surface area contributed by atoms with Crippen molar-refractivity contribution in [3.63, 3.8) is 0 Å². The van der Waals surface area contributed by atoms with Crippen LogP contribution in [0.25, 0.3) is 0 Å². The Kier molecular flexibility index (Phi) is 5.62. The summed E-state index contributed by atoms with van der Waals surface area (Å²) in [5.74, 6) is 1.61. The van der Waals surface area contributed by atoms with Crippen LogP contribution in [0.4, 0.5) is 5.69 Å². The van der Waals surface area contributed by atoms with Crippen LogP contribution in [0, 0.1) is 0 Å². The number of anilines is 1. The van der Waals surface area contributed by atoms with Crippen LogP contribution in [-0.4, -0.2) is 12.3 Å². The zero-order chi connectivity index (χ0) is 11.1. The lowest BCUT2D eigenvalue weighted by molar-refractivity contribution is 0.734. The molecule has 1 aromatic carbocycles. The van der Waals surface area contributed by atoms with E-state index < -0.39 is 0 Å². The highest BCUT2D eigenvalue weighted by atomic mass is 32.1. The lowest BCUT2D eigenvalue weighted by atomic mass is 9.99. The number of hydrogen-bond donors (Lipinski definition) is 2. The van der Waals surface area contributed by atoms with Crippen LogP contribution in [0.1, 0.15) is 38.2 Å². The third-order valence-electron chi connectivity index (χ3n) is 2.76. The molecule has 0 saturated carbocycles. The van der Waals surface area contributed by atoms with Gasteiger partial charge in [0, 0.05) is 12.2 Å². The highest BCUT2D eigenvalue weighted by Crippen LogP contribution is 2.20. The minimum absolute atomic E-state index is 0.663. The normalized spacial score (nSPS) is 12.5. The molecule has 0 aliphatic carbocycles. The molecule has 0 spiro atoms. The fourth-order valence-electron chi connectivity index (χ4n) is 1.48. The van der Waals surface area contributed by atoms with Gasteiger partial charge >= 0.3 is 0 Å². The van der Waals surface area contributed by atoms with E-state index in [0.29, 0.717) is 5.92 Å². The van der Waals surface area contributed by atoms with Crippen molar-refractivity contribution in [1.82, 2.24) is 0 Å². The molecular weight excluding hydrogens is 202 g/mol. The van der Waals surface area contributed by atoms with E-state index in [1.165, 1.54) is 17.7 Å². The maximum absolute atomic E-state index is 4.18. The Morgan fingerprint density at radius 1 is 1.27 bits per heavy atom. The van der Waals surface area contributed by atoms with E-state index in [9.17, 15) is 0 Å². The van der Waals surface area contributed by atoms with Gasteiger partial charge in [0.15, 0.2) is 0 Å². The third kappa shape index (κ3) is 4.17. The van der Waals surface area contributed by atoms with Crippen LogP contribution >= 0.6 is 12.6 Å². The quantitative estimate of drug-likeness (QED) is 0.550. The maximum Gasteiger partial charge on any atom is 0.0340 e. The fraction of sp³-hybridized carbons (Fsp3) is 0.538. The van der Waals surface area contributed by atoms with Crippen molar-refractivity contribution in [3.05, 3.63) is 29.8 Å². The van der Waals surface area contributed by atoms with E-state index >= 15 is 0 Å². The summed E-state index contributed by atoms with van der Waals surface area (Å²) in [6.07, 6.45) is 2.31. The maximum atomic E-state index is 4.18. The largest absolute Gasteiger partial charge is 0.385 e. The van der Waals surface area contributed by atoms with E-state index in [-0.39, 0.29) is 0 Å². The zero-order valence-corrected chi connectivity index (χ0v) is 10.6. The molecular formula is C13H21NS. The molecule has 0 radical (unpaired) electrons. The van der Waals surface area contributed by atoms with Crippen molar-refractivity contribution in [2.24, 2.45) is 0 Å². The molecule has 0 fully saturated rings. The topological polar surface area (TPSA) is 12.0 Å². The Balaban J connectivity index is 2.49. The van der Waals surface area contributed by atoms with E-state index in [1.54, 1.807) is 0 Å². The van der Waals surface area contributed by atoms with Crippen molar-refractivity contribution in [1.29, 1.82) is 0 Å². The van der Waals surface area contributed by atoms with E-state index in [1.807, 2.05) is 0 Å². The first-order valence-corrected chi connectivity index (χ1v) is 6.35.